The van der Waals surface area contributed by atoms with Crippen LogP contribution in [0.15, 0.2) is 40.4 Å². The lowest BCUT2D eigenvalue weighted by Gasteiger charge is -2.67. The number of benzene rings is 1. The lowest BCUT2D eigenvalue weighted by molar-refractivity contribution is -0.160. The highest BCUT2D eigenvalue weighted by atomic mass is 32.1. The highest BCUT2D eigenvalue weighted by Crippen LogP contribution is 2.72. The maximum absolute atomic E-state index is 13.9. The molecule has 4 atom stereocenters. The fourth-order valence-corrected chi connectivity index (χ4v) is 7.88. The van der Waals surface area contributed by atoms with E-state index in [2.05, 4.69) is 15.5 Å². The maximum Gasteiger partial charge on any atom is 0.243 e. The van der Waals surface area contributed by atoms with Crippen LogP contribution >= 0.6 is 11.3 Å². The molecule has 3 saturated carbocycles. The molecular weight excluding hydrogens is 540 g/mol. The van der Waals surface area contributed by atoms with Gasteiger partial charge in [0.25, 0.3) is 0 Å². The molecule has 3 aliphatic carbocycles. The summed E-state index contributed by atoms with van der Waals surface area (Å²) in [6.45, 7) is 7.86. The molecule has 3 heterocycles. The second-order valence-corrected chi connectivity index (χ2v) is 13.5. The van der Waals surface area contributed by atoms with Gasteiger partial charge in [-0.2, -0.15) is 0 Å². The lowest BCUT2D eigenvalue weighted by Crippen LogP contribution is -2.65. The van der Waals surface area contributed by atoms with Crippen LogP contribution in [-0.4, -0.2) is 56.9 Å². The monoisotopic (exact) mass is 576 g/mol. The Morgan fingerprint density at radius 1 is 1.20 bits per heavy atom. The molecule has 4 fully saturated rings. The second kappa shape index (κ2) is 10.2. The number of hydrogen-bond acceptors (Lipinski definition) is 8. The number of amides is 2. The van der Waals surface area contributed by atoms with E-state index in [0.717, 1.165) is 52.9 Å². The molecule has 1 aromatic carbocycles. The highest BCUT2D eigenvalue weighted by molar-refractivity contribution is 7.13. The molecule has 216 valence electrons. The third-order valence-corrected chi connectivity index (χ3v) is 10.3. The van der Waals surface area contributed by atoms with Gasteiger partial charge in [-0.15, -0.1) is 11.3 Å². The van der Waals surface area contributed by atoms with Crippen molar-refractivity contribution in [3.8, 4) is 10.4 Å². The number of likely N-dealkylation sites (tertiary alicyclic amines) is 1. The molecule has 9 nitrogen and oxygen atoms in total. The van der Waals surface area contributed by atoms with Crippen molar-refractivity contribution in [2.24, 2.45) is 11.3 Å². The van der Waals surface area contributed by atoms with Crippen molar-refractivity contribution in [2.45, 2.75) is 82.9 Å². The number of aryl methyl sites for hydroxylation is 1. The first-order valence-electron chi connectivity index (χ1n) is 14.3. The Hall–Kier alpha value is -3.37. The summed E-state index contributed by atoms with van der Waals surface area (Å²) in [5.74, 6) is -0.824. The fourth-order valence-electron chi connectivity index (χ4n) is 7.06. The summed E-state index contributed by atoms with van der Waals surface area (Å²) < 4.78 is 5.72. The first-order chi connectivity index (χ1) is 19.5. The van der Waals surface area contributed by atoms with Gasteiger partial charge < -0.3 is 24.6 Å². The number of nitrogens with zero attached hydrogens (tertiary/aromatic N) is 3. The predicted molar refractivity (Wildman–Crippen MR) is 153 cm³/mol. The van der Waals surface area contributed by atoms with Crippen molar-refractivity contribution in [1.29, 1.82) is 0 Å². The van der Waals surface area contributed by atoms with Crippen molar-refractivity contribution >= 4 is 29.4 Å². The zero-order valence-electron chi connectivity index (χ0n) is 23.8. The highest BCUT2D eigenvalue weighted by Gasteiger charge is 2.69. The number of aliphatic hydroxyl groups excluding tert-OH is 1. The second-order valence-electron chi connectivity index (χ2n) is 12.6. The molecule has 1 saturated heterocycles. The van der Waals surface area contributed by atoms with E-state index in [1.54, 1.807) is 11.3 Å². The third-order valence-electron chi connectivity index (χ3n) is 9.27. The molecule has 2 aromatic heterocycles. The van der Waals surface area contributed by atoms with Crippen molar-refractivity contribution < 1.29 is 24.0 Å². The minimum Gasteiger partial charge on any atom is -0.391 e. The summed E-state index contributed by atoms with van der Waals surface area (Å²) in [4.78, 5) is 45.7. The van der Waals surface area contributed by atoms with E-state index >= 15 is 0 Å². The Balaban J connectivity index is 1.15. The van der Waals surface area contributed by atoms with Crippen LogP contribution in [0.1, 0.15) is 81.1 Å². The molecule has 41 heavy (non-hydrogen) atoms. The quantitative estimate of drug-likeness (QED) is 0.364. The molecule has 0 spiro atoms. The van der Waals surface area contributed by atoms with Crippen LogP contribution < -0.4 is 5.32 Å². The maximum atomic E-state index is 13.9. The van der Waals surface area contributed by atoms with Crippen molar-refractivity contribution in [3.63, 3.8) is 0 Å². The number of rotatable bonds is 9. The van der Waals surface area contributed by atoms with Gasteiger partial charge in [-0.3, -0.25) is 9.59 Å². The average molecular weight is 577 g/mol. The molecular formula is C31H36N4O5S. The molecule has 3 aromatic rings. The van der Waals surface area contributed by atoms with Gasteiger partial charge in [-0.25, -0.2) is 4.98 Å². The summed E-state index contributed by atoms with van der Waals surface area (Å²) in [7, 11) is 0. The van der Waals surface area contributed by atoms with Crippen LogP contribution in [0.2, 0.25) is 0 Å². The van der Waals surface area contributed by atoms with Gasteiger partial charge in [-0.05, 0) is 50.2 Å². The zero-order valence-corrected chi connectivity index (χ0v) is 24.6. The summed E-state index contributed by atoms with van der Waals surface area (Å²) in [5, 5.41) is 17.9. The first-order valence-corrected chi connectivity index (χ1v) is 15.2. The topological polar surface area (TPSA) is 126 Å². The van der Waals surface area contributed by atoms with E-state index in [4.69, 9.17) is 4.52 Å². The number of nitrogens with one attached hydrogen (secondary N) is 1. The molecule has 2 bridgehead atoms. The number of carbonyl (C=O) groups excluding carboxylic acids is 3. The molecule has 7 rings (SSSR count). The fraction of sp³-hybridized carbons (Fsp3) is 0.516. The number of aromatic nitrogens is 2. The van der Waals surface area contributed by atoms with E-state index in [9.17, 15) is 19.5 Å². The van der Waals surface area contributed by atoms with E-state index in [1.165, 1.54) is 4.90 Å². The van der Waals surface area contributed by atoms with Crippen LogP contribution in [0, 0.1) is 18.3 Å². The van der Waals surface area contributed by atoms with E-state index < -0.39 is 18.1 Å². The van der Waals surface area contributed by atoms with Gasteiger partial charge in [0.05, 0.1) is 33.9 Å². The number of thiazole rings is 1. The Bertz CT molecular complexity index is 1460. The van der Waals surface area contributed by atoms with Crippen LogP contribution in [-0.2, 0) is 19.8 Å². The van der Waals surface area contributed by atoms with Crippen molar-refractivity contribution in [2.75, 3.05) is 6.54 Å². The molecule has 2 unspecified atom stereocenters. The lowest BCUT2D eigenvalue weighted by atomic mass is 9.35. The average Bonchev–Trinajstić information content (AvgIpc) is 3.63. The first kappa shape index (κ1) is 27.8. The van der Waals surface area contributed by atoms with Crippen LogP contribution in [0.25, 0.3) is 10.4 Å². The number of aldehydes is 1. The van der Waals surface area contributed by atoms with Crippen molar-refractivity contribution in [3.05, 3.63) is 58.6 Å². The van der Waals surface area contributed by atoms with Gasteiger partial charge in [-0.1, -0.05) is 43.3 Å². The number of hydrogen-bond donors (Lipinski definition) is 2. The zero-order chi connectivity index (χ0) is 29.1. The minimum atomic E-state index is -0.787. The number of carbonyl (C=O) groups is 3. The minimum absolute atomic E-state index is 0.0875. The Morgan fingerprint density at radius 3 is 2.51 bits per heavy atom. The van der Waals surface area contributed by atoms with Gasteiger partial charge >= 0.3 is 0 Å². The summed E-state index contributed by atoms with van der Waals surface area (Å²) in [5.41, 5.74) is 5.33. The van der Waals surface area contributed by atoms with Crippen LogP contribution in [0.4, 0.5) is 0 Å². The SMILES string of the molecule is Cc1ncsc1-c1ccc(C(C)NC(=O)[C@@H]2C[C@@H](O)CN2C(=O)C(c2cc(C34CC(C=O)(C3)C4)no2)C(C)C)cc1. The molecule has 10 heteroatoms. The van der Waals surface area contributed by atoms with Crippen LogP contribution in [0.3, 0.4) is 0 Å². The summed E-state index contributed by atoms with van der Waals surface area (Å²) in [6.07, 6.45) is 2.79. The normalized spacial score (nSPS) is 28.1. The van der Waals surface area contributed by atoms with E-state index in [0.29, 0.717) is 5.76 Å². The van der Waals surface area contributed by atoms with Gasteiger partial charge in [0.1, 0.15) is 24.0 Å². The van der Waals surface area contributed by atoms with Crippen LogP contribution in [0.5, 0.6) is 0 Å². The molecule has 2 N–H and O–H groups in total. The standard InChI is InChI=1S/C31H36N4O5S/c1-17(2)26(24-10-25(34-40-24)31-12-30(13-31,14-31)15-36)29(39)35-11-22(37)9-23(35)28(38)33-18(3)20-5-7-21(8-6-20)27-19(4)32-16-41-27/h5-8,10,15-18,22-23,26,37H,9,11-14H2,1-4H3,(H,33,38)/t18?,22-,23+,26?,30?,31?/m1/s1. The van der Waals surface area contributed by atoms with E-state index in [1.807, 2.05) is 63.5 Å². The van der Waals surface area contributed by atoms with Gasteiger partial charge in [0, 0.05) is 29.9 Å². The number of β-amino-alcohol motifs (C(OH)–C–C–N with tert-alkyl or cyclic N) is 1. The van der Waals surface area contributed by atoms with Gasteiger partial charge in [0.2, 0.25) is 11.8 Å². The van der Waals surface area contributed by atoms with Crippen molar-refractivity contribution in [1.82, 2.24) is 20.4 Å². The Morgan fingerprint density at radius 2 is 1.90 bits per heavy atom. The van der Waals surface area contributed by atoms with E-state index in [-0.39, 0.29) is 47.6 Å². The Kier molecular flexibility index (Phi) is 6.89. The molecule has 2 amide bonds. The predicted octanol–water partition coefficient (Wildman–Crippen LogP) is 4.31. The molecule has 1 aliphatic heterocycles. The molecule has 0 radical (unpaired) electrons. The summed E-state index contributed by atoms with van der Waals surface area (Å²) in [6, 6.07) is 8.83. The smallest absolute Gasteiger partial charge is 0.243 e. The Labute approximate surface area is 243 Å². The summed E-state index contributed by atoms with van der Waals surface area (Å²) >= 11 is 1.59. The number of aliphatic hydroxyl groups is 1. The molecule has 4 aliphatic rings. The van der Waals surface area contributed by atoms with Gasteiger partial charge in [0.15, 0.2) is 0 Å². The third kappa shape index (κ3) is 4.70. The largest absolute Gasteiger partial charge is 0.391 e.